The molecule has 8 heteroatoms. The summed E-state index contributed by atoms with van der Waals surface area (Å²) in [5.41, 5.74) is 0.596. The van der Waals surface area contributed by atoms with Crippen LogP contribution in [0.1, 0.15) is 39.0 Å². The predicted molar refractivity (Wildman–Crippen MR) is 114 cm³/mol. The Morgan fingerprint density at radius 3 is 2.81 bits per heavy atom. The fraction of sp³-hybridized carbons (Fsp3) is 0.391. The van der Waals surface area contributed by atoms with Gasteiger partial charge in [0.15, 0.2) is 0 Å². The lowest BCUT2D eigenvalue weighted by molar-refractivity contribution is -0.119. The number of aromatic nitrogens is 3. The number of carbonyl (C=O) groups excluding carboxylic acids is 1. The molecule has 31 heavy (non-hydrogen) atoms. The van der Waals surface area contributed by atoms with Crippen LogP contribution in [0.4, 0.5) is 0 Å². The molecule has 1 amide bonds. The summed E-state index contributed by atoms with van der Waals surface area (Å²) in [6.45, 7) is 4.20. The molecule has 3 aromatic rings. The molecule has 0 aliphatic heterocycles. The Labute approximate surface area is 181 Å². The molecule has 162 valence electrons. The number of hydrogen-bond donors (Lipinski definition) is 1. The zero-order chi connectivity index (χ0) is 21.6. The summed E-state index contributed by atoms with van der Waals surface area (Å²) in [4.78, 5) is 19.9. The number of benzene rings is 1. The smallest absolute Gasteiger partial charge is 0.227 e. The first-order chi connectivity index (χ1) is 15.0. The molecule has 1 unspecified atom stereocenters. The standard InChI is InChI=1S/C23H26N4O4/c1-15(25-16(2)28)6-11-22-26-23(27-31-22)21-10-9-20(13-24-21)30-19-5-3-4-18(12-19)29-14-17-7-8-17/h3-5,9-10,12-13,15,17H,6-8,11,14H2,1-2H3,(H,25,28). The molecule has 1 aromatic carbocycles. The second-order valence-electron chi connectivity index (χ2n) is 7.86. The van der Waals surface area contributed by atoms with Crippen molar-refractivity contribution in [2.24, 2.45) is 5.92 Å². The summed E-state index contributed by atoms with van der Waals surface area (Å²) < 4.78 is 17.0. The third-order valence-corrected chi connectivity index (χ3v) is 4.90. The lowest BCUT2D eigenvalue weighted by Crippen LogP contribution is -2.30. The van der Waals surface area contributed by atoms with Gasteiger partial charge in [0, 0.05) is 25.5 Å². The molecule has 1 aliphatic rings. The number of ether oxygens (including phenoxy) is 2. The van der Waals surface area contributed by atoms with Gasteiger partial charge in [0.25, 0.3) is 0 Å². The first-order valence-electron chi connectivity index (χ1n) is 10.5. The third-order valence-electron chi connectivity index (χ3n) is 4.90. The Balaban J connectivity index is 1.32. The lowest BCUT2D eigenvalue weighted by Gasteiger charge is -2.09. The number of rotatable bonds is 10. The summed E-state index contributed by atoms with van der Waals surface area (Å²) in [5, 5.41) is 6.83. The van der Waals surface area contributed by atoms with Gasteiger partial charge in [0.2, 0.25) is 17.6 Å². The van der Waals surface area contributed by atoms with Gasteiger partial charge in [0.1, 0.15) is 22.9 Å². The monoisotopic (exact) mass is 422 g/mol. The average Bonchev–Trinajstić information content (AvgIpc) is 3.47. The molecule has 1 fully saturated rings. The van der Waals surface area contributed by atoms with Crippen LogP contribution in [0.3, 0.4) is 0 Å². The quantitative estimate of drug-likeness (QED) is 0.523. The van der Waals surface area contributed by atoms with Crippen LogP contribution in [-0.4, -0.2) is 33.7 Å². The van der Waals surface area contributed by atoms with Crippen LogP contribution in [0.2, 0.25) is 0 Å². The number of nitrogens with one attached hydrogen (secondary N) is 1. The van der Waals surface area contributed by atoms with E-state index in [2.05, 4.69) is 20.4 Å². The molecule has 0 saturated heterocycles. The topological polar surface area (TPSA) is 99.4 Å². The first kappa shape index (κ1) is 20.8. The van der Waals surface area contributed by atoms with Crippen LogP contribution in [-0.2, 0) is 11.2 Å². The Morgan fingerprint density at radius 2 is 2.06 bits per heavy atom. The van der Waals surface area contributed by atoms with E-state index in [1.54, 1.807) is 12.3 Å². The summed E-state index contributed by atoms with van der Waals surface area (Å²) in [6, 6.07) is 11.2. The van der Waals surface area contributed by atoms with E-state index in [-0.39, 0.29) is 11.9 Å². The number of aryl methyl sites for hydroxylation is 1. The molecule has 0 radical (unpaired) electrons. The van der Waals surface area contributed by atoms with E-state index < -0.39 is 0 Å². The number of nitrogens with zero attached hydrogens (tertiary/aromatic N) is 3. The van der Waals surface area contributed by atoms with Crippen molar-refractivity contribution < 1.29 is 18.8 Å². The minimum absolute atomic E-state index is 0.0417. The zero-order valence-corrected chi connectivity index (χ0v) is 17.7. The first-order valence-corrected chi connectivity index (χ1v) is 10.5. The van der Waals surface area contributed by atoms with Crippen LogP contribution >= 0.6 is 0 Å². The number of hydrogen-bond acceptors (Lipinski definition) is 7. The summed E-state index contributed by atoms with van der Waals surface area (Å²) in [7, 11) is 0. The Morgan fingerprint density at radius 1 is 1.23 bits per heavy atom. The fourth-order valence-corrected chi connectivity index (χ4v) is 3.05. The van der Waals surface area contributed by atoms with Crippen LogP contribution in [0, 0.1) is 5.92 Å². The van der Waals surface area contributed by atoms with E-state index in [9.17, 15) is 4.79 Å². The van der Waals surface area contributed by atoms with Crippen molar-refractivity contribution in [3.8, 4) is 28.8 Å². The Hall–Kier alpha value is -3.42. The van der Waals surface area contributed by atoms with Crippen molar-refractivity contribution in [2.45, 2.75) is 45.6 Å². The molecule has 1 atom stereocenters. The van der Waals surface area contributed by atoms with Gasteiger partial charge in [-0.15, -0.1) is 0 Å². The second kappa shape index (κ2) is 9.59. The second-order valence-corrected chi connectivity index (χ2v) is 7.86. The molecule has 2 heterocycles. The fourth-order valence-electron chi connectivity index (χ4n) is 3.05. The highest BCUT2D eigenvalue weighted by Crippen LogP contribution is 2.31. The maximum absolute atomic E-state index is 11.1. The van der Waals surface area contributed by atoms with Crippen molar-refractivity contribution in [3.63, 3.8) is 0 Å². The van der Waals surface area contributed by atoms with Gasteiger partial charge in [-0.25, -0.2) is 4.98 Å². The van der Waals surface area contributed by atoms with Crippen LogP contribution in [0.15, 0.2) is 47.1 Å². The van der Waals surface area contributed by atoms with E-state index >= 15 is 0 Å². The third kappa shape index (κ3) is 6.28. The molecule has 8 nitrogen and oxygen atoms in total. The summed E-state index contributed by atoms with van der Waals surface area (Å²) in [6.07, 6.45) is 5.43. The van der Waals surface area contributed by atoms with Crippen molar-refractivity contribution in [1.82, 2.24) is 20.4 Å². The highest BCUT2D eigenvalue weighted by Gasteiger charge is 2.22. The number of pyridine rings is 1. The van der Waals surface area contributed by atoms with E-state index in [4.69, 9.17) is 14.0 Å². The van der Waals surface area contributed by atoms with Gasteiger partial charge < -0.3 is 19.3 Å². The van der Waals surface area contributed by atoms with Gasteiger partial charge in [-0.3, -0.25) is 4.79 Å². The van der Waals surface area contributed by atoms with Gasteiger partial charge in [-0.1, -0.05) is 11.2 Å². The van der Waals surface area contributed by atoms with Gasteiger partial charge in [0.05, 0.1) is 12.8 Å². The molecule has 1 saturated carbocycles. The number of amides is 1. The SMILES string of the molecule is CC(=O)NC(C)CCc1nc(-c2ccc(Oc3cccc(OCC4CC4)c3)cn2)no1. The molecule has 0 bridgehead atoms. The summed E-state index contributed by atoms with van der Waals surface area (Å²) in [5.74, 6) is 3.69. The molecule has 1 aliphatic carbocycles. The minimum atomic E-state index is -0.0530. The van der Waals surface area contributed by atoms with Crippen molar-refractivity contribution >= 4 is 5.91 Å². The molecular formula is C23H26N4O4. The largest absolute Gasteiger partial charge is 0.493 e. The van der Waals surface area contributed by atoms with Gasteiger partial charge >= 0.3 is 0 Å². The van der Waals surface area contributed by atoms with Gasteiger partial charge in [-0.05, 0) is 56.4 Å². The average molecular weight is 422 g/mol. The highest BCUT2D eigenvalue weighted by atomic mass is 16.5. The molecule has 2 aromatic heterocycles. The molecule has 4 rings (SSSR count). The van der Waals surface area contributed by atoms with Gasteiger partial charge in [-0.2, -0.15) is 4.98 Å². The number of carbonyl (C=O) groups is 1. The van der Waals surface area contributed by atoms with E-state index in [0.29, 0.717) is 47.7 Å². The molecule has 1 N–H and O–H groups in total. The van der Waals surface area contributed by atoms with Crippen molar-refractivity contribution in [2.75, 3.05) is 6.61 Å². The van der Waals surface area contributed by atoms with Crippen molar-refractivity contribution in [1.29, 1.82) is 0 Å². The minimum Gasteiger partial charge on any atom is -0.493 e. The van der Waals surface area contributed by atoms with E-state index in [1.807, 2.05) is 37.3 Å². The maximum atomic E-state index is 11.1. The Kier molecular flexibility index (Phi) is 6.45. The molecule has 0 spiro atoms. The summed E-state index contributed by atoms with van der Waals surface area (Å²) >= 11 is 0. The normalized spacial score (nSPS) is 14.1. The van der Waals surface area contributed by atoms with Crippen molar-refractivity contribution in [3.05, 3.63) is 48.5 Å². The Bertz CT molecular complexity index is 1010. The lowest BCUT2D eigenvalue weighted by atomic mass is 10.2. The van der Waals surface area contributed by atoms with Crippen LogP contribution in [0.5, 0.6) is 17.2 Å². The van der Waals surface area contributed by atoms with Crippen LogP contribution < -0.4 is 14.8 Å². The molecular weight excluding hydrogens is 396 g/mol. The van der Waals surface area contributed by atoms with Crippen LogP contribution in [0.25, 0.3) is 11.5 Å². The zero-order valence-electron chi connectivity index (χ0n) is 17.7. The maximum Gasteiger partial charge on any atom is 0.227 e. The predicted octanol–water partition coefficient (Wildman–Crippen LogP) is 4.17. The highest BCUT2D eigenvalue weighted by molar-refractivity contribution is 5.73. The van der Waals surface area contributed by atoms with E-state index in [1.165, 1.54) is 19.8 Å². The van der Waals surface area contributed by atoms with E-state index in [0.717, 1.165) is 12.4 Å².